The van der Waals surface area contributed by atoms with Crippen molar-refractivity contribution in [3.8, 4) is 0 Å². The van der Waals surface area contributed by atoms with Crippen LogP contribution in [0.5, 0.6) is 0 Å². The molecular weight excluding hydrogens is 293 g/mol. The van der Waals surface area contributed by atoms with Gasteiger partial charge in [-0.3, -0.25) is 4.79 Å². The minimum absolute atomic E-state index is 0.0727. The third kappa shape index (κ3) is 5.46. The largest absolute Gasteiger partial charge is 0.333 e. The summed E-state index contributed by atoms with van der Waals surface area (Å²) in [6, 6.07) is 5.96. The summed E-state index contributed by atoms with van der Waals surface area (Å²) in [7, 11) is -3.39. The standard InChI is InChI=1S/C15H22FNO3S/c1-5-21(19,20)11-14(18)17(15(2,3)4)10-12-7-6-8-13(16)9-12/h6-9H,5,10-11H2,1-4H3. The quantitative estimate of drug-likeness (QED) is 0.838. The van der Waals surface area contributed by atoms with Crippen molar-refractivity contribution in [1.82, 2.24) is 4.90 Å². The van der Waals surface area contributed by atoms with Gasteiger partial charge in [0.05, 0.1) is 0 Å². The van der Waals surface area contributed by atoms with Gasteiger partial charge in [-0.05, 0) is 38.5 Å². The van der Waals surface area contributed by atoms with Crippen LogP contribution < -0.4 is 0 Å². The van der Waals surface area contributed by atoms with Crippen LogP contribution in [-0.2, 0) is 21.2 Å². The molecular formula is C15H22FNO3S. The number of halogens is 1. The Kier molecular flexibility index (Phi) is 5.50. The number of benzene rings is 1. The molecule has 0 spiro atoms. The van der Waals surface area contributed by atoms with Crippen molar-refractivity contribution in [1.29, 1.82) is 0 Å². The van der Waals surface area contributed by atoms with Crippen LogP contribution in [0, 0.1) is 5.82 Å². The Hall–Kier alpha value is -1.43. The molecule has 1 rings (SSSR count). The van der Waals surface area contributed by atoms with Crippen LogP contribution in [-0.4, -0.2) is 36.3 Å². The lowest BCUT2D eigenvalue weighted by Gasteiger charge is -2.36. The lowest BCUT2D eigenvalue weighted by Crippen LogP contribution is -2.47. The van der Waals surface area contributed by atoms with E-state index in [-0.39, 0.29) is 18.1 Å². The zero-order valence-corrected chi connectivity index (χ0v) is 13.7. The van der Waals surface area contributed by atoms with Gasteiger partial charge in [0.2, 0.25) is 5.91 Å². The molecule has 1 aromatic rings. The summed E-state index contributed by atoms with van der Waals surface area (Å²) in [5.41, 5.74) is 0.0827. The molecule has 0 saturated carbocycles. The maximum absolute atomic E-state index is 13.2. The Bertz CT molecular complexity index is 606. The van der Waals surface area contributed by atoms with Crippen LogP contribution in [0.3, 0.4) is 0 Å². The number of nitrogens with zero attached hydrogens (tertiary/aromatic N) is 1. The highest BCUT2D eigenvalue weighted by molar-refractivity contribution is 7.92. The zero-order chi connectivity index (χ0) is 16.3. The lowest BCUT2D eigenvalue weighted by molar-refractivity contribution is -0.133. The maximum atomic E-state index is 13.2. The van der Waals surface area contributed by atoms with E-state index in [9.17, 15) is 17.6 Å². The monoisotopic (exact) mass is 315 g/mol. The predicted molar refractivity (Wildman–Crippen MR) is 81.0 cm³/mol. The molecule has 0 bridgehead atoms. The normalized spacial score (nSPS) is 12.2. The second kappa shape index (κ2) is 6.56. The van der Waals surface area contributed by atoms with Crippen molar-refractivity contribution in [2.24, 2.45) is 0 Å². The third-order valence-corrected chi connectivity index (χ3v) is 4.69. The fraction of sp³-hybridized carbons (Fsp3) is 0.533. The summed E-state index contributed by atoms with van der Waals surface area (Å²) in [6.45, 7) is 7.16. The average Bonchev–Trinajstić information content (AvgIpc) is 2.34. The van der Waals surface area contributed by atoms with E-state index < -0.39 is 27.0 Å². The van der Waals surface area contributed by atoms with E-state index >= 15 is 0 Å². The Morgan fingerprint density at radius 1 is 1.29 bits per heavy atom. The Labute approximate surface area is 125 Å². The Balaban J connectivity index is 3.00. The van der Waals surface area contributed by atoms with Crippen LogP contribution in [0.4, 0.5) is 4.39 Å². The number of hydrogen-bond acceptors (Lipinski definition) is 3. The van der Waals surface area contributed by atoms with Gasteiger partial charge in [-0.2, -0.15) is 0 Å². The van der Waals surface area contributed by atoms with E-state index in [1.165, 1.54) is 24.0 Å². The van der Waals surface area contributed by atoms with E-state index in [0.29, 0.717) is 5.56 Å². The molecule has 0 unspecified atom stereocenters. The van der Waals surface area contributed by atoms with Crippen molar-refractivity contribution in [2.75, 3.05) is 11.5 Å². The van der Waals surface area contributed by atoms with E-state index in [0.717, 1.165) is 0 Å². The molecule has 118 valence electrons. The Morgan fingerprint density at radius 2 is 1.90 bits per heavy atom. The fourth-order valence-electron chi connectivity index (χ4n) is 1.89. The number of sulfone groups is 1. The number of hydrogen-bond donors (Lipinski definition) is 0. The molecule has 4 nitrogen and oxygen atoms in total. The summed E-state index contributed by atoms with van der Waals surface area (Å²) >= 11 is 0. The van der Waals surface area contributed by atoms with Crippen molar-refractivity contribution < 1.29 is 17.6 Å². The molecule has 0 heterocycles. The van der Waals surface area contributed by atoms with Gasteiger partial charge in [0.15, 0.2) is 9.84 Å². The number of carbonyl (C=O) groups is 1. The zero-order valence-electron chi connectivity index (χ0n) is 12.9. The highest BCUT2D eigenvalue weighted by Gasteiger charge is 2.29. The van der Waals surface area contributed by atoms with Crippen LogP contribution in [0.1, 0.15) is 33.3 Å². The smallest absolute Gasteiger partial charge is 0.238 e. The van der Waals surface area contributed by atoms with Gasteiger partial charge in [-0.1, -0.05) is 19.1 Å². The van der Waals surface area contributed by atoms with E-state index in [1.54, 1.807) is 12.1 Å². The molecule has 0 saturated heterocycles. The number of rotatable bonds is 5. The average molecular weight is 315 g/mol. The van der Waals surface area contributed by atoms with Crippen LogP contribution in [0.25, 0.3) is 0 Å². The highest BCUT2D eigenvalue weighted by Crippen LogP contribution is 2.19. The molecule has 21 heavy (non-hydrogen) atoms. The summed E-state index contributed by atoms with van der Waals surface area (Å²) in [6.07, 6.45) is 0. The number of carbonyl (C=O) groups excluding carboxylic acids is 1. The van der Waals surface area contributed by atoms with Gasteiger partial charge in [-0.15, -0.1) is 0 Å². The third-order valence-electron chi connectivity index (χ3n) is 3.12. The van der Waals surface area contributed by atoms with E-state index in [1.807, 2.05) is 20.8 Å². The molecule has 0 atom stereocenters. The van der Waals surface area contributed by atoms with Crippen molar-refractivity contribution >= 4 is 15.7 Å². The van der Waals surface area contributed by atoms with Crippen molar-refractivity contribution in [3.05, 3.63) is 35.6 Å². The molecule has 0 aliphatic carbocycles. The van der Waals surface area contributed by atoms with Crippen LogP contribution >= 0.6 is 0 Å². The molecule has 0 radical (unpaired) electrons. The summed E-state index contributed by atoms with van der Waals surface area (Å²) in [5, 5.41) is 0. The molecule has 0 aliphatic rings. The van der Waals surface area contributed by atoms with Crippen LogP contribution in [0.15, 0.2) is 24.3 Å². The van der Waals surface area contributed by atoms with Gasteiger partial charge in [0.1, 0.15) is 11.6 Å². The molecule has 1 aromatic carbocycles. The lowest BCUT2D eigenvalue weighted by atomic mass is 10.0. The highest BCUT2D eigenvalue weighted by atomic mass is 32.2. The molecule has 0 aliphatic heterocycles. The maximum Gasteiger partial charge on any atom is 0.238 e. The Morgan fingerprint density at radius 3 is 2.38 bits per heavy atom. The molecule has 0 N–H and O–H groups in total. The molecule has 6 heteroatoms. The first-order valence-electron chi connectivity index (χ1n) is 6.80. The summed E-state index contributed by atoms with van der Waals surface area (Å²) in [5.74, 6) is -1.43. The van der Waals surface area contributed by atoms with Gasteiger partial charge >= 0.3 is 0 Å². The SMILES string of the molecule is CCS(=O)(=O)CC(=O)N(Cc1cccc(F)c1)C(C)(C)C. The van der Waals surface area contributed by atoms with E-state index in [2.05, 4.69) is 0 Å². The molecule has 0 fully saturated rings. The topological polar surface area (TPSA) is 54.5 Å². The minimum Gasteiger partial charge on any atom is -0.333 e. The van der Waals surface area contributed by atoms with Crippen LogP contribution in [0.2, 0.25) is 0 Å². The molecule has 0 aromatic heterocycles. The van der Waals surface area contributed by atoms with Gasteiger partial charge in [0, 0.05) is 17.8 Å². The first-order chi connectivity index (χ1) is 9.55. The van der Waals surface area contributed by atoms with Gasteiger partial charge < -0.3 is 4.90 Å². The van der Waals surface area contributed by atoms with Crippen molar-refractivity contribution in [2.45, 2.75) is 39.8 Å². The second-order valence-electron chi connectivity index (χ2n) is 5.96. The number of amides is 1. The predicted octanol–water partition coefficient (Wildman–Crippen LogP) is 2.39. The van der Waals surface area contributed by atoms with E-state index in [4.69, 9.17) is 0 Å². The second-order valence-corrected chi connectivity index (χ2v) is 8.31. The first-order valence-corrected chi connectivity index (χ1v) is 8.62. The van der Waals surface area contributed by atoms with Gasteiger partial charge in [0.25, 0.3) is 0 Å². The van der Waals surface area contributed by atoms with Gasteiger partial charge in [-0.25, -0.2) is 12.8 Å². The minimum atomic E-state index is -3.39. The van der Waals surface area contributed by atoms with Crippen molar-refractivity contribution in [3.63, 3.8) is 0 Å². The molecule has 1 amide bonds. The first kappa shape index (κ1) is 17.6. The fourth-order valence-corrected chi connectivity index (χ4v) is 2.62. The summed E-state index contributed by atoms with van der Waals surface area (Å²) in [4.78, 5) is 13.8. The summed E-state index contributed by atoms with van der Waals surface area (Å²) < 4.78 is 36.5.